The lowest BCUT2D eigenvalue weighted by atomic mass is 10.0. The molecule has 0 bridgehead atoms. The van der Waals surface area contributed by atoms with Gasteiger partial charge in [-0.2, -0.15) is 0 Å². The molecule has 3 amide bonds. The van der Waals surface area contributed by atoms with Crippen LogP contribution in [0.15, 0.2) is 0 Å². The summed E-state index contributed by atoms with van der Waals surface area (Å²) in [6, 6.07) is -2.89. The largest absolute Gasteiger partial charge is 0.480 e. The molecular weight excluding hydrogens is 368 g/mol. The molecule has 3 atom stereocenters. The first-order chi connectivity index (χ1) is 13.3. The molecule has 0 aromatic heterocycles. The number of carbonyl (C=O) groups excluding carboxylic acids is 3. The molecule has 0 saturated heterocycles. The third-order valence-corrected chi connectivity index (χ3v) is 4.09. The van der Waals surface area contributed by atoms with E-state index in [1.54, 1.807) is 0 Å². The van der Waals surface area contributed by atoms with E-state index in [9.17, 15) is 19.2 Å². The van der Waals surface area contributed by atoms with E-state index in [0.29, 0.717) is 51.6 Å². The molecule has 28 heavy (non-hydrogen) atoms. The first-order valence-electron chi connectivity index (χ1n) is 9.49. The van der Waals surface area contributed by atoms with Gasteiger partial charge in [-0.25, -0.2) is 0 Å². The number of hydrogen-bond acceptors (Lipinski definition) is 7. The van der Waals surface area contributed by atoms with E-state index < -0.39 is 41.8 Å². The van der Waals surface area contributed by atoms with Gasteiger partial charge in [-0.1, -0.05) is 0 Å². The number of carboxylic acid groups (broad SMARTS) is 1. The third-order valence-electron chi connectivity index (χ3n) is 4.09. The third kappa shape index (κ3) is 10.8. The molecule has 10 N–H and O–H groups in total. The second-order valence-electron chi connectivity index (χ2n) is 6.52. The monoisotopic (exact) mass is 402 g/mol. The summed E-state index contributed by atoms with van der Waals surface area (Å²) in [5, 5.41) is 16.4. The molecule has 11 nitrogen and oxygen atoms in total. The average Bonchev–Trinajstić information content (AvgIpc) is 2.66. The molecule has 0 fully saturated rings. The molecule has 0 aliphatic carbocycles. The maximum absolute atomic E-state index is 12.6. The Morgan fingerprint density at radius 3 is 1.68 bits per heavy atom. The number of nitrogens with two attached hydrogens (primary N) is 3. The summed E-state index contributed by atoms with van der Waals surface area (Å²) < 4.78 is 0. The van der Waals surface area contributed by atoms with Crippen LogP contribution in [0, 0.1) is 0 Å². The van der Waals surface area contributed by atoms with E-state index in [0.717, 1.165) is 0 Å². The number of nitrogens with one attached hydrogen (secondary N) is 3. The number of amides is 3. The lowest BCUT2D eigenvalue weighted by Crippen LogP contribution is -2.55. The topological polar surface area (TPSA) is 203 Å². The fourth-order valence-electron chi connectivity index (χ4n) is 2.42. The summed E-state index contributed by atoms with van der Waals surface area (Å²) in [4.78, 5) is 47.6. The van der Waals surface area contributed by atoms with Gasteiger partial charge in [-0.15, -0.1) is 0 Å². The van der Waals surface area contributed by atoms with Gasteiger partial charge in [0, 0.05) is 0 Å². The van der Waals surface area contributed by atoms with Gasteiger partial charge >= 0.3 is 5.97 Å². The summed E-state index contributed by atoms with van der Waals surface area (Å²) in [5.41, 5.74) is 16.2. The minimum Gasteiger partial charge on any atom is -0.480 e. The van der Waals surface area contributed by atoms with Crippen molar-refractivity contribution in [3.8, 4) is 0 Å². The van der Waals surface area contributed by atoms with E-state index in [-0.39, 0.29) is 6.54 Å². The Morgan fingerprint density at radius 1 is 0.786 bits per heavy atom. The maximum Gasteiger partial charge on any atom is 0.325 e. The van der Waals surface area contributed by atoms with Crippen molar-refractivity contribution in [1.29, 1.82) is 0 Å². The molecular formula is C17H34N6O5. The Kier molecular flexibility index (Phi) is 13.6. The molecule has 0 aliphatic rings. The Balaban J connectivity index is 5.11. The van der Waals surface area contributed by atoms with Crippen molar-refractivity contribution in [2.45, 2.75) is 63.6 Å². The highest BCUT2D eigenvalue weighted by Gasteiger charge is 2.27. The molecule has 0 spiro atoms. The lowest BCUT2D eigenvalue weighted by Gasteiger charge is -2.24. The number of aliphatic carboxylic acids is 1. The van der Waals surface area contributed by atoms with Crippen LogP contribution >= 0.6 is 0 Å². The summed E-state index contributed by atoms with van der Waals surface area (Å²) in [6.07, 6.45) is 3.15. The van der Waals surface area contributed by atoms with Crippen LogP contribution in [0.5, 0.6) is 0 Å². The zero-order valence-corrected chi connectivity index (χ0v) is 16.4. The van der Waals surface area contributed by atoms with Crippen molar-refractivity contribution in [2.24, 2.45) is 17.2 Å². The Morgan fingerprint density at radius 2 is 1.25 bits per heavy atom. The summed E-state index contributed by atoms with van der Waals surface area (Å²) in [5.74, 6) is -2.81. The molecule has 0 heterocycles. The van der Waals surface area contributed by atoms with E-state index in [2.05, 4.69) is 16.0 Å². The van der Waals surface area contributed by atoms with Gasteiger partial charge in [-0.3, -0.25) is 19.2 Å². The molecule has 3 unspecified atom stereocenters. The standard InChI is InChI=1S/C17H34N6O5/c1-11(17(27)28)21-15(25)13(7-3-5-9-19)23-16(26)12(6-2-4-8-18)22-14(24)10-20/h11-13H,2-10,18-20H2,1H3,(H,21,25)(H,22,24)(H,23,26)(H,27,28). The smallest absolute Gasteiger partial charge is 0.325 e. The molecule has 0 radical (unpaired) electrons. The van der Waals surface area contributed by atoms with Gasteiger partial charge in [0.2, 0.25) is 17.7 Å². The van der Waals surface area contributed by atoms with Crippen LogP contribution in [0.1, 0.15) is 45.4 Å². The number of hydrogen-bond donors (Lipinski definition) is 7. The molecule has 0 saturated carbocycles. The number of carbonyl (C=O) groups is 4. The van der Waals surface area contributed by atoms with Crippen LogP contribution in [0.3, 0.4) is 0 Å². The van der Waals surface area contributed by atoms with Gasteiger partial charge in [-0.05, 0) is 58.5 Å². The van der Waals surface area contributed by atoms with Gasteiger partial charge in [0.1, 0.15) is 18.1 Å². The summed E-state index contributed by atoms with van der Waals surface area (Å²) >= 11 is 0. The van der Waals surface area contributed by atoms with Crippen LogP contribution in [-0.2, 0) is 19.2 Å². The molecule has 0 aromatic rings. The second kappa shape index (κ2) is 14.8. The fourth-order valence-corrected chi connectivity index (χ4v) is 2.42. The van der Waals surface area contributed by atoms with Crippen LogP contribution in [-0.4, -0.2) is 66.6 Å². The van der Waals surface area contributed by atoms with Crippen LogP contribution < -0.4 is 33.2 Å². The highest BCUT2D eigenvalue weighted by molar-refractivity contribution is 5.93. The predicted octanol–water partition coefficient (Wildman–Crippen LogP) is -2.24. The van der Waals surface area contributed by atoms with Crippen LogP contribution in [0.25, 0.3) is 0 Å². The van der Waals surface area contributed by atoms with Gasteiger partial charge < -0.3 is 38.3 Å². The van der Waals surface area contributed by atoms with E-state index in [1.165, 1.54) is 6.92 Å². The first kappa shape index (κ1) is 25.8. The predicted molar refractivity (Wildman–Crippen MR) is 104 cm³/mol. The summed E-state index contributed by atoms with van der Waals surface area (Å²) in [6.45, 7) is 1.95. The van der Waals surface area contributed by atoms with Crippen molar-refractivity contribution < 1.29 is 24.3 Å². The zero-order valence-electron chi connectivity index (χ0n) is 16.4. The van der Waals surface area contributed by atoms with Crippen LogP contribution in [0.4, 0.5) is 0 Å². The highest BCUT2D eigenvalue weighted by atomic mass is 16.4. The quantitative estimate of drug-likeness (QED) is 0.149. The highest BCUT2D eigenvalue weighted by Crippen LogP contribution is 2.05. The van der Waals surface area contributed by atoms with E-state index >= 15 is 0 Å². The SMILES string of the molecule is CC(NC(=O)C(CCCCN)NC(=O)C(CCCCN)NC(=O)CN)C(=O)O. The van der Waals surface area contributed by atoms with Crippen molar-refractivity contribution >= 4 is 23.7 Å². The van der Waals surface area contributed by atoms with E-state index in [1.807, 2.05) is 0 Å². The number of rotatable bonds is 15. The number of carboxylic acids is 1. The fraction of sp³-hybridized carbons (Fsp3) is 0.765. The Hall–Kier alpha value is -2.24. The molecule has 162 valence electrons. The van der Waals surface area contributed by atoms with Crippen molar-refractivity contribution in [3.05, 3.63) is 0 Å². The van der Waals surface area contributed by atoms with E-state index in [4.69, 9.17) is 22.3 Å². The van der Waals surface area contributed by atoms with Crippen molar-refractivity contribution in [1.82, 2.24) is 16.0 Å². The minimum absolute atomic E-state index is 0.267. The second-order valence-corrected chi connectivity index (χ2v) is 6.52. The minimum atomic E-state index is -1.18. The van der Waals surface area contributed by atoms with Gasteiger partial charge in [0.05, 0.1) is 6.54 Å². The molecule has 0 aromatic carbocycles. The summed E-state index contributed by atoms with van der Waals surface area (Å²) in [7, 11) is 0. The van der Waals surface area contributed by atoms with Gasteiger partial charge in [0.25, 0.3) is 0 Å². The Bertz CT molecular complexity index is 516. The molecule has 0 rings (SSSR count). The van der Waals surface area contributed by atoms with Crippen molar-refractivity contribution in [2.75, 3.05) is 19.6 Å². The molecule has 0 aliphatic heterocycles. The van der Waals surface area contributed by atoms with Crippen molar-refractivity contribution in [3.63, 3.8) is 0 Å². The maximum atomic E-state index is 12.6. The zero-order chi connectivity index (χ0) is 21.5. The molecule has 11 heteroatoms. The first-order valence-corrected chi connectivity index (χ1v) is 9.49. The normalized spacial score (nSPS) is 13.9. The average molecular weight is 402 g/mol. The van der Waals surface area contributed by atoms with Crippen LogP contribution in [0.2, 0.25) is 0 Å². The van der Waals surface area contributed by atoms with Gasteiger partial charge in [0.15, 0.2) is 0 Å². The Labute approximate surface area is 165 Å². The number of unbranched alkanes of at least 4 members (excludes halogenated alkanes) is 2. The lowest BCUT2D eigenvalue weighted by molar-refractivity contribution is -0.141.